The van der Waals surface area contributed by atoms with Gasteiger partial charge in [-0.15, -0.1) is 11.3 Å². The van der Waals surface area contributed by atoms with Crippen LogP contribution in [0, 0.1) is 5.82 Å². The van der Waals surface area contributed by atoms with Crippen LogP contribution in [-0.2, 0) is 10.0 Å². The topological polar surface area (TPSA) is 52.7 Å². The van der Waals surface area contributed by atoms with E-state index in [4.69, 9.17) is 0 Å². The molecule has 0 spiro atoms. The molecule has 2 heterocycles. The fourth-order valence-electron chi connectivity index (χ4n) is 4.09. The summed E-state index contributed by atoms with van der Waals surface area (Å²) in [6.07, 6.45) is 0. The highest BCUT2D eigenvalue weighted by Crippen LogP contribution is 2.31. The van der Waals surface area contributed by atoms with Gasteiger partial charge in [-0.25, -0.2) is 17.5 Å². The minimum absolute atomic E-state index is 0.0691. The smallest absolute Gasteiger partial charge is 0.240 e. The molecule has 1 N–H and O–H groups in total. The number of nitrogens with one attached hydrogen (secondary N) is 1. The van der Waals surface area contributed by atoms with Crippen molar-refractivity contribution in [3.8, 4) is 0 Å². The molecule has 1 aliphatic rings. The first kappa shape index (κ1) is 22.0. The van der Waals surface area contributed by atoms with Gasteiger partial charge in [0.1, 0.15) is 5.82 Å². The number of anilines is 1. The Morgan fingerprint density at radius 2 is 1.61 bits per heavy atom. The summed E-state index contributed by atoms with van der Waals surface area (Å²) in [5, 5.41) is 2.02. The summed E-state index contributed by atoms with van der Waals surface area (Å²) >= 11 is 1.63. The van der Waals surface area contributed by atoms with Crippen LogP contribution in [0.4, 0.5) is 10.1 Å². The lowest BCUT2D eigenvalue weighted by molar-refractivity contribution is 0.164. The van der Waals surface area contributed by atoms with E-state index >= 15 is 0 Å². The van der Waals surface area contributed by atoms with Crippen LogP contribution in [0.2, 0.25) is 0 Å². The van der Waals surface area contributed by atoms with Crippen LogP contribution >= 0.6 is 11.3 Å². The second kappa shape index (κ2) is 9.48. The molecule has 3 aromatic rings. The standard InChI is InChI=1S/C23H26FN3O2S2/c1-18(25-31(28,29)21-11-9-19(24)10-12-21)23(22-8-5-17-30-22)27-15-13-26(14-16-27)20-6-3-2-4-7-20/h2-12,17-18,23,25H,13-16H2,1H3. The summed E-state index contributed by atoms with van der Waals surface area (Å²) in [7, 11) is -3.75. The molecule has 1 saturated heterocycles. The van der Waals surface area contributed by atoms with Crippen LogP contribution in [0.5, 0.6) is 0 Å². The number of hydrogen-bond donors (Lipinski definition) is 1. The van der Waals surface area contributed by atoms with Crippen LogP contribution in [0.25, 0.3) is 0 Å². The number of para-hydroxylation sites is 1. The van der Waals surface area contributed by atoms with Crippen molar-refractivity contribution in [2.24, 2.45) is 0 Å². The summed E-state index contributed by atoms with van der Waals surface area (Å²) in [6, 6.07) is 18.9. The molecule has 164 valence electrons. The zero-order valence-electron chi connectivity index (χ0n) is 17.3. The van der Waals surface area contributed by atoms with Crippen molar-refractivity contribution in [3.63, 3.8) is 0 Å². The highest BCUT2D eigenvalue weighted by molar-refractivity contribution is 7.89. The summed E-state index contributed by atoms with van der Waals surface area (Å²) in [4.78, 5) is 5.90. The highest BCUT2D eigenvalue weighted by Gasteiger charge is 2.32. The molecule has 1 aliphatic heterocycles. The van der Waals surface area contributed by atoms with Gasteiger partial charge in [0.15, 0.2) is 0 Å². The molecule has 8 heteroatoms. The lowest BCUT2D eigenvalue weighted by Crippen LogP contribution is -2.52. The summed E-state index contributed by atoms with van der Waals surface area (Å²) < 4.78 is 41.8. The van der Waals surface area contributed by atoms with Crippen molar-refractivity contribution >= 4 is 27.0 Å². The van der Waals surface area contributed by atoms with Gasteiger partial charge in [-0.1, -0.05) is 24.3 Å². The SMILES string of the molecule is CC(NS(=O)(=O)c1ccc(F)cc1)C(c1cccs1)N1CCN(c2ccccc2)CC1. The number of hydrogen-bond acceptors (Lipinski definition) is 5. The highest BCUT2D eigenvalue weighted by atomic mass is 32.2. The van der Waals surface area contributed by atoms with Gasteiger partial charge in [0, 0.05) is 42.8 Å². The zero-order chi connectivity index (χ0) is 21.8. The summed E-state index contributed by atoms with van der Waals surface area (Å²) in [5.74, 6) is -0.459. The molecule has 5 nitrogen and oxygen atoms in total. The average Bonchev–Trinajstić information content (AvgIpc) is 3.29. The molecule has 0 bridgehead atoms. The number of piperazine rings is 1. The lowest BCUT2D eigenvalue weighted by atomic mass is 10.1. The first-order chi connectivity index (χ1) is 14.9. The maximum atomic E-state index is 13.2. The van der Waals surface area contributed by atoms with E-state index in [0.717, 1.165) is 31.1 Å². The molecule has 0 aliphatic carbocycles. The molecule has 2 aromatic carbocycles. The number of benzene rings is 2. The van der Waals surface area contributed by atoms with Gasteiger partial charge < -0.3 is 4.90 Å². The second-order valence-electron chi connectivity index (χ2n) is 7.68. The Morgan fingerprint density at radius 3 is 2.23 bits per heavy atom. The largest absolute Gasteiger partial charge is 0.369 e. The first-order valence-corrected chi connectivity index (χ1v) is 12.7. The molecule has 31 heavy (non-hydrogen) atoms. The predicted octanol–water partition coefficient (Wildman–Crippen LogP) is 4.12. The number of halogens is 1. The van der Waals surface area contributed by atoms with E-state index in [-0.39, 0.29) is 17.0 Å². The third-order valence-corrected chi connectivity index (χ3v) is 8.12. The van der Waals surface area contributed by atoms with E-state index in [1.54, 1.807) is 11.3 Å². The molecular formula is C23H26FN3O2S2. The van der Waals surface area contributed by atoms with E-state index in [1.165, 1.54) is 30.0 Å². The van der Waals surface area contributed by atoms with Crippen molar-refractivity contribution in [2.45, 2.75) is 23.9 Å². The fraction of sp³-hybridized carbons (Fsp3) is 0.304. The van der Waals surface area contributed by atoms with Gasteiger partial charge in [-0.05, 0) is 54.8 Å². The van der Waals surface area contributed by atoms with E-state index in [1.807, 2.05) is 36.6 Å². The van der Waals surface area contributed by atoms with E-state index in [0.29, 0.717) is 0 Å². The molecule has 1 fully saturated rings. The molecule has 0 radical (unpaired) electrons. The monoisotopic (exact) mass is 459 g/mol. The molecule has 2 unspecified atom stereocenters. The Morgan fingerprint density at radius 1 is 0.935 bits per heavy atom. The quantitative estimate of drug-likeness (QED) is 0.578. The van der Waals surface area contributed by atoms with Crippen LogP contribution < -0.4 is 9.62 Å². The molecule has 4 rings (SSSR count). The zero-order valence-corrected chi connectivity index (χ0v) is 18.9. The predicted molar refractivity (Wildman–Crippen MR) is 123 cm³/mol. The maximum Gasteiger partial charge on any atom is 0.240 e. The van der Waals surface area contributed by atoms with Crippen molar-refractivity contribution in [1.29, 1.82) is 0 Å². The Hall–Kier alpha value is -2.26. The van der Waals surface area contributed by atoms with Crippen LogP contribution in [-0.4, -0.2) is 45.5 Å². The Balaban J connectivity index is 1.50. The normalized spacial score (nSPS) is 17.4. The number of rotatable bonds is 7. The Kier molecular flexibility index (Phi) is 6.71. The van der Waals surface area contributed by atoms with Crippen molar-refractivity contribution < 1.29 is 12.8 Å². The molecule has 0 saturated carbocycles. The van der Waals surface area contributed by atoms with Crippen LogP contribution in [0.15, 0.2) is 77.0 Å². The van der Waals surface area contributed by atoms with Crippen LogP contribution in [0.1, 0.15) is 17.8 Å². The average molecular weight is 460 g/mol. The fourth-order valence-corrected chi connectivity index (χ4v) is 6.30. The van der Waals surface area contributed by atoms with E-state index < -0.39 is 15.8 Å². The van der Waals surface area contributed by atoms with Crippen molar-refractivity contribution in [2.75, 3.05) is 31.1 Å². The second-order valence-corrected chi connectivity index (χ2v) is 10.4. The summed E-state index contributed by atoms with van der Waals surface area (Å²) in [5.41, 5.74) is 1.21. The number of thiophene rings is 1. The van der Waals surface area contributed by atoms with Crippen molar-refractivity contribution in [1.82, 2.24) is 9.62 Å². The lowest BCUT2D eigenvalue weighted by Gasteiger charge is -2.42. The van der Waals surface area contributed by atoms with Gasteiger partial charge >= 0.3 is 0 Å². The first-order valence-electron chi connectivity index (χ1n) is 10.3. The van der Waals surface area contributed by atoms with Gasteiger partial charge in [0.25, 0.3) is 0 Å². The van der Waals surface area contributed by atoms with Gasteiger partial charge in [0.05, 0.1) is 10.9 Å². The van der Waals surface area contributed by atoms with E-state index in [9.17, 15) is 12.8 Å². The summed E-state index contributed by atoms with van der Waals surface area (Å²) in [6.45, 7) is 5.32. The van der Waals surface area contributed by atoms with E-state index in [2.05, 4.69) is 32.7 Å². The molecule has 2 atom stereocenters. The minimum atomic E-state index is -3.75. The third kappa shape index (κ3) is 5.15. The molecule has 0 amide bonds. The molecular weight excluding hydrogens is 433 g/mol. The van der Waals surface area contributed by atoms with Crippen LogP contribution in [0.3, 0.4) is 0 Å². The number of sulfonamides is 1. The Labute approximate surface area is 187 Å². The Bertz CT molecular complexity index is 1070. The maximum absolute atomic E-state index is 13.2. The van der Waals surface area contributed by atoms with Crippen molar-refractivity contribution in [3.05, 3.63) is 82.8 Å². The van der Waals surface area contributed by atoms with Gasteiger partial charge in [-0.2, -0.15) is 0 Å². The third-order valence-electron chi connectivity index (χ3n) is 5.60. The number of nitrogens with zero attached hydrogens (tertiary/aromatic N) is 2. The van der Waals surface area contributed by atoms with Gasteiger partial charge in [0.2, 0.25) is 10.0 Å². The molecule has 1 aromatic heterocycles. The minimum Gasteiger partial charge on any atom is -0.369 e. The van der Waals surface area contributed by atoms with Gasteiger partial charge in [-0.3, -0.25) is 4.90 Å².